The maximum Gasteiger partial charge on any atom is 0.341 e. The summed E-state index contributed by atoms with van der Waals surface area (Å²) in [5, 5.41) is 14.7. The lowest BCUT2D eigenvalue weighted by Gasteiger charge is -2.17. The molecular weight excluding hydrogens is 378 g/mol. The lowest BCUT2D eigenvalue weighted by atomic mass is 10.1. The summed E-state index contributed by atoms with van der Waals surface area (Å²) in [6.45, 7) is 2.23. The van der Waals surface area contributed by atoms with Crippen LogP contribution in [0.25, 0.3) is 5.69 Å². The minimum atomic E-state index is -0.263. The summed E-state index contributed by atoms with van der Waals surface area (Å²) in [4.78, 5) is 15.4. The molecule has 150 valence electrons. The van der Waals surface area contributed by atoms with E-state index in [4.69, 9.17) is 14.2 Å². The fourth-order valence-corrected chi connectivity index (χ4v) is 3.74. The molecule has 1 N–H and O–H groups in total. The Morgan fingerprint density at radius 2 is 2.03 bits per heavy atom. The van der Waals surface area contributed by atoms with Crippen LogP contribution in [0.4, 0.5) is 0 Å². The van der Waals surface area contributed by atoms with Crippen LogP contribution in [0.1, 0.15) is 13.0 Å². The number of hydrogen-bond acceptors (Lipinski definition) is 8. The number of imidazole rings is 1. The average Bonchev–Trinajstić information content (AvgIpc) is 3.48. The number of aromatic nitrogens is 6. The fourth-order valence-electron chi connectivity index (χ4n) is 3.74. The normalized spacial score (nSPS) is 25.7. The Balaban J connectivity index is 1.31. The molecule has 11 nitrogen and oxygen atoms in total. The van der Waals surface area contributed by atoms with Crippen LogP contribution in [-0.2, 0) is 14.3 Å². The molecule has 3 aromatic rings. The predicted octanol–water partition coefficient (Wildman–Crippen LogP) is 0.495. The number of amides is 1. The first-order valence-corrected chi connectivity index (χ1v) is 9.23. The van der Waals surface area contributed by atoms with Gasteiger partial charge in [-0.2, -0.15) is 4.68 Å². The zero-order chi connectivity index (χ0) is 19.8. The third-order valence-corrected chi connectivity index (χ3v) is 5.04. The average molecular weight is 397 g/mol. The topological polar surface area (TPSA) is 118 Å². The predicted molar refractivity (Wildman–Crippen MR) is 97.6 cm³/mol. The van der Waals surface area contributed by atoms with E-state index < -0.39 is 0 Å². The first-order chi connectivity index (χ1) is 14.2. The molecule has 5 rings (SSSR count). The Kier molecular flexibility index (Phi) is 4.45. The van der Waals surface area contributed by atoms with Gasteiger partial charge in [-0.15, -0.1) is 0 Å². The molecule has 2 aliphatic rings. The van der Waals surface area contributed by atoms with Gasteiger partial charge in [0.2, 0.25) is 5.91 Å². The number of carbonyl (C=O) groups excluding carboxylic acids is 1. The Morgan fingerprint density at radius 1 is 1.21 bits per heavy atom. The van der Waals surface area contributed by atoms with Gasteiger partial charge < -0.3 is 24.1 Å². The van der Waals surface area contributed by atoms with E-state index in [-0.39, 0.29) is 36.2 Å². The Morgan fingerprint density at radius 3 is 2.79 bits per heavy atom. The lowest BCUT2D eigenvalue weighted by Crippen LogP contribution is -2.43. The minimum absolute atomic E-state index is 0.114. The van der Waals surface area contributed by atoms with Crippen molar-refractivity contribution in [1.29, 1.82) is 0 Å². The van der Waals surface area contributed by atoms with Crippen molar-refractivity contribution in [2.24, 2.45) is 0 Å². The van der Waals surface area contributed by atoms with Crippen molar-refractivity contribution in [3.8, 4) is 17.4 Å². The number of tetrazole rings is 1. The number of ether oxygens (including phenoxy) is 3. The van der Waals surface area contributed by atoms with Gasteiger partial charge >= 0.3 is 6.01 Å². The molecule has 2 aromatic heterocycles. The zero-order valence-electron chi connectivity index (χ0n) is 15.6. The number of benzene rings is 1. The highest BCUT2D eigenvalue weighted by Crippen LogP contribution is 2.36. The summed E-state index contributed by atoms with van der Waals surface area (Å²) in [7, 11) is 0. The van der Waals surface area contributed by atoms with Crippen LogP contribution in [0.2, 0.25) is 0 Å². The molecule has 0 saturated carbocycles. The molecule has 2 saturated heterocycles. The summed E-state index contributed by atoms with van der Waals surface area (Å²) < 4.78 is 21.1. The minimum Gasteiger partial charge on any atom is -0.423 e. The molecule has 0 radical (unpaired) electrons. The largest absolute Gasteiger partial charge is 0.423 e. The van der Waals surface area contributed by atoms with E-state index in [0.29, 0.717) is 19.0 Å². The monoisotopic (exact) mass is 397 g/mol. The lowest BCUT2D eigenvalue weighted by molar-refractivity contribution is -0.120. The third kappa shape index (κ3) is 3.34. The summed E-state index contributed by atoms with van der Waals surface area (Å²) in [6, 6.07) is 7.33. The molecule has 0 spiro atoms. The summed E-state index contributed by atoms with van der Waals surface area (Å²) >= 11 is 0. The Labute approximate surface area is 165 Å². The maximum absolute atomic E-state index is 11.4. The molecule has 0 unspecified atom stereocenters. The molecule has 1 aromatic carbocycles. The van der Waals surface area contributed by atoms with E-state index in [1.54, 1.807) is 17.2 Å². The van der Waals surface area contributed by atoms with Gasteiger partial charge in [-0.05, 0) is 34.7 Å². The van der Waals surface area contributed by atoms with Gasteiger partial charge in [-0.25, -0.2) is 4.98 Å². The van der Waals surface area contributed by atoms with Crippen LogP contribution in [0.15, 0.2) is 43.0 Å². The Bertz CT molecular complexity index is 988. The van der Waals surface area contributed by atoms with Crippen molar-refractivity contribution >= 4 is 5.91 Å². The van der Waals surface area contributed by atoms with E-state index >= 15 is 0 Å². The van der Waals surface area contributed by atoms with Crippen molar-refractivity contribution in [2.45, 2.75) is 31.2 Å². The highest BCUT2D eigenvalue weighted by atomic mass is 16.6. The number of nitrogens with zero attached hydrogens (tertiary/aromatic N) is 6. The molecule has 1 amide bonds. The first kappa shape index (κ1) is 17.8. The molecule has 29 heavy (non-hydrogen) atoms. The van der Waals surface area contributed by atoms with Gasteiger partial charge in [0.1, 0.15) is 24.0 Å². The van der Waals surface area contributed by atoms with Gasteiger partial charge in [0.15, 0.2) is 0 Å². The van der Waals surface area contributed by atoms with Gasteiger partial charge in [0.05, 0.1) is 25.6 Å². The standard InChI is InChI=1S/C18H19N7O4/c1-11(26)20-14-8-27-17-15(9-28-16(14)17)25-18(21-22-23-25)29-13-4-2-12(3-5-13)24-7-6-19-10-24/h2-7,10,14-17H,8-9H2,1H3,(H,20,26)/t14-,15-,16+,17+/m0/s1. The van der Waals surface area contributed by atoms with Crippen LogP contribution in [0.5, 0.6) is 11.8 Å². The number of carbonyl (C=O) groups is 1. The molecule has 4 heterocycles. The maximum atomic E-state index is 11.4. The molecule has 0 aliphatic carbocycles. The summed E-state index contributed by atoms with van der Waals surface area (Å²) in [5.41, 5.74) is 0.963. The molecule has 2 fully saturated rings. The van der Waals surface area contributed by atoms with Crippen molar-refractivity contribution in [1.82, 2.24) is 35.1 Å². The third-order valence-electron chi connectivity index (χ3n) is 5.04. The second-order valence-electron chi connectivity index (χ2n) is 6.94. The molecule has 0 bridgehead atoms. The van der Waals surface area contributed by atoms with Crippen LogP contribution in [0.3, 0.4) is 0 Å². The molecule has 4 atom stereocenters. The van der Waals surface area contributed by atoms with Gasteiger partial charge in [-0.3, -0.25) is 4.79 Å². The number of rotatable bonds is 5. The second kappa shape index (κ2) is 7.26. The number of fused-ring (bicyclic) bond motifs is 1. The summed E-state index contributed by atoms with van der Waals surface area (Å²) in [5.74, 6) is 0.487. The smallest absolute Gasteiger partial charge is 0.341 e. The van der Waals surface area contributed by atoms with Crippen molar-refractivity contribution in [2.75, 3.05) is 13.2 Å². The highest BCUT2D eigenvalue weighted by Gasteiger charge is 2.50. The van der Waals surface area contributed by atoms with Crippen LogP contribution < -0.4 is 10.1 Å². The van der Waals surface area contributed by atoms with Gasteiger partial charge in [-0.1, -0.05) is 5.10 Å². The van der Waals surface area contributed by atoms with Crippen LogP contribution >= 0.6 is 0 Å². The van der Waals surface area contributed by atoms with Crippen molar-refractivity contribution in [3.63, 3.8) is 0 Å². The number of nitrogens with one attached hydrogen (secondary N) is 1. The van der Waals surface area contributed by atoms with E-state index in [0.717, 1.165) is 5.69 Å². The first-order valence-electron chi connectivity index (χ1n) is 9.23. The van der Waals surface area contributed by atoms with E-state index in [2.05, 4.69) is 25.8 Å². The van der Waals surface area contributed by atoms with Crippen molar-refractivity contribution < 1.29 is 19.0 Å². The van der Waals surface area contributed by atoms with E-state index in [1.807, 2.05) is 35.0 Å². The van der Waals surface area contributed by atoms with Crippen LogP contribution in [0, 0.1) is 0 Å². The van der Waals surface area contributed by atoms with Gasteiger partial charge in [0.25, 0.3) is 0 Å². The fraction of sp³-hybridized carbons (Fsp3) is 0.389. The van der Waals surface area contributed by atoms with E-state index in [9.17, 15) is 4.79 Å². The SMILES string of the molecule is CC(=O)N[C@H]1CO[C@H]2[C@@H]1OC[C@@H]2n1nnnc1Oc1ccc(-n2ccnc2)cc1. The van der Waals surface area contributed by atoms with Crippen LogP contribution in [-0.4, -0.2) is 67.1 Å². The Hall–Kier alpha value is -3.31. The second-order valence-corrected chi connectivity index (χ2v) is 6.94. The summed E-state index contributed by atoms with van der Waals surface area (Å²) in [6.07, 6.45) is 4.81. The van der Waals surface area contributed by atoms with Crippen molar-refractivity contribution in [3.05, 3.63) is 43.0 Å². The molecular formula is C18H19N7O4. The zero-order valence-corrected chi connectivity index (χ0v) is 15.6. The highest BCUT2D eigenvalue weighted by molar-refractivity contribution is 5.73. The number of hydrogen-bond donors (Lipinski definition) is 1. The quantitative estimate of drug-likeness (QED) is 0.661. The van der Waals surface area contributed by atoms with E-state index in [1.165, 1.54) is 6.92 Å². The van der Waals surface area contributed by atoms with Gasteiger partial charge in [0, 0.05) is 25.0 Å². The molecule has 11 heteroatoms. The molecule has 2 aliphatic heterocycles.